The summed E-state index contributed by atoms with van der Waals surface area (Å²) in [6, 6.07) is 57.7. The first-order valence-electron chi connectivity index (χ1n) is 22.5. The molecule has 10 rings (SSSR count). The fourth-order valence-electron chi connectivity index (χ4n) is 8.74. The van der Waals surface area contributed by atoms with E-state index in [0.29, 0.717) is 28.5 Å². The van der Waals surface area contributed by atoms with Crippen molar-refractivity contribution in [3.05, 3.63) is 199 Å². The van der Waals surface area contributed by atoms with Gasteiger partial charge in [0.2, 0.25) is 0 Å². The quantitative estimate of drug-likeness (QED) is 0.160. The molecular formula is C59H48F3N5. The molecule has 0 saturated carbocycles. The zero-order chi connectivity index (χ0) is 46.7. The van der Waals surface area contributed by atoms with Crippen molar-refractivity contribution in [2.75, 3.05) is 0 Å². The predicted octanol–water partition coefficient (Wildman–Crippen LogP) is 16.0. The van der Waals surface area contributed by atoms with E-state index in [1.54, 1.807) is 0 Å². The monoisotopic (exact) mass is 883 g/mol. The first-order chi connectivity index (χ1) is 32.1. The van der Waals surface area contributed by atoms with E-state index in [4.69, 9.17) is 19.9 Å². The Bertz CT molecular complexity index is 3110. The van der Waals surface area contributed by atoms with E-state index in [-0.39, 0.29) is 33.6 Å². The maximum atomic E-state index is 15.8. The highest BCUT2D eigenvalue weighted by atomic mass is 19.4. The second-order valence-electron chi connectivity index (χ2n) is 19.1. The summed E-state index contributed by atoms with van der Waals surface area (Å²) < 4.78 is 49.4. The van der Waals surface area contributed by atoms with Crippen LogP contribution in [0, 0.1) is 0 Å². The van der Waals surface area contributed by atoms with Crippen molar-refractivity contribution in [3.63, 3.8) is 0 Å². The van der Waals surface area contributed by atoms with Gasteiger partial charge >= 0.3 is 6.18 Å². The van der Waals surface area contributed by atoms with Gasteiger partial charge in [-0.15, -0.1) is 0 Å². The van der Waals surface area contributed by atoms with Gasteiger partial charge in [0.1, 0.15) is 0 Å². The molecule has 67 heavy (non-hydrogen) atoms. The summed E-state index contributed by atoms with van der Waals surface area (Å²) in [7, 11) is 0. The largest absolute Gasteiger partial charge is 0.416 e. The topological polar surface area (TPSA) is 56.5 Å². The number of fused-ring (bicyclic) bond motifs is 3. The van der Waals surface area contributed by atoms with Gasteiger partial charge in [-0.3, -0.25) is 0 Å². The Kier molecular flexibility index (Phi) is 10.7. The van der Waals surface area contributed by atoms with Crippen LogP contribution in [-0.4, -0.2) is 24.5 Å². The van der Waals surface area contributed by atoms with E-state index in [1.807, 2.05) is 133 Å². The third kappa shape index (κ3) is 8.40. The molecule has 3 aromatic heterocycles. The minimum atomic E-state index is -4.77. The van der Waals surface area contributed by atoms with Crippen molar-refractivity contribution in [1.29, 1.82) is 0 Å². The highest BCUT2D eigenvalue weighted by molar-refractivity contribution is 6.11. The number of alkyl halides is 3. The van der Waals surface area contributed by atoms with Gasteiger partial charge in [0.05, 0.1) is 45.1 Å². The number of halogens is 3. The Morgan fingerprint density at radius 1 is 0.358 bits per heavy atom. The molecule has 0 atom stereocenters. The molecule has 0 bridgehead atoms. The van der Waals surface area contributed by atoms with E-state index in [9.17, 15) is 0 Å². The molecular weight excluding hydrogens is 836 g/mol. The second-order valence-corrected chi connectivity index (χ2v) is 19.1. The lowest BCUT2D eigenvalue weighted by Crippen LogP contribution is -2.12. The van der Waals surface area contributed by atoms with Gasteiger partial charge in [0, 0.05) is 44.2 Å². The predicted molar refractivity (Wildman–Crippen MR) is 267 cm³/mol. The lowest BCUT2D eigenvalue weighted by atomic mass is 9.85. The van der Waals surface area contributed by atoms with Crippen LogP contribution in [0.4, 0.5) is 13.2 Å². The number of benzene rings is 7. The summed E-state index contributed by atoms with van der Waals surface area (Å²) in [5.41, 5.74) is 8.84. The Hall–Kier alpha value is -7.71. The number of aromatic nitrogens is 5. The fraction of sp³-hybridized carbons (Fsp3) is 0.153. The summed E-state index contributed by atoms with van der Waals surface area (Å²) in [5.74, 6) is 0.246. The van der Waals surface area contributed by atoms with Crippen LogP contribution in [0.3, 0.4) is 0 Å². The molecule has 0 unspecified atom stereocenters. The van der Waals surface area contributed by atoms with E-state index < -0.39 is 11.7 Å². The normalized spacial score (nSPS) is 12.3. The van der Waals surface area contributed by atoms with Crippen LogP contribution in [0.2, 0.25) is 0 Å². The first kappa shape index (κ1) is 43.2. The van der Waals surface area contributed by atoms with Crippen LogP contribution in [0.1, 0.15) is 58.2 Å². The Labute approximate surface area is 388 Å². The number of hydrogen-bond donors (Lipinski definition) is 0. The Morgan fingerprint density at radius 2 is 0.672 bits per heavy atom. The number of hydrogen-bond acceptors (Lipinski definition) is 4. The molecule has 8 heteroatoms. The van der Waals surface area contributed by atoms with Crippen LogP contribution >= 0.6 is 0 Å². The zero-order valence-electron chi connectivity index (χ0n) is 38.2. The van der Waals surface area contributed by atoms with Crippen LogP contribution in [0.25, 0.3) is 95.3 Å². The summed E-state index contributed by atoms with van der Waals surface area (Å²) in [6.45, 7) is 13.1. The van der Waals surface area contributed by atoms with Crippen molar-refractivity contribution in [3.8, 4) is 73.5 Å². The maximum absolute atomic E-state index is 15.8. The zero-order valence-corrected chi connectivity index (χ0v) is 38.2. The molecule has 0 radical (unpaired) electrons. The van der Waals surface area contributed by atoms with Gasteiger partial charge in [0.25, 0.3) is 0 Å². The minimum absolute atomic E-state index is 0.123. The van der Waals surface area contributed by atoms with Crippen molar-refractivity contribution in [2.24, 2.45) is 0 Å². The van der Waals surface area contributed by atoms with Crippen LogP contribution < -0.4 is 0 Å². The van der Waals surface area contributed by atoms with E-state index in [1.165, 1.54) is 12.1 Å². The molecule has 5 nitrogen and oxygen atoms in total. The smallest absolute Gasteiger partial charge is 0.308 e. The van der Waals surface area contributed by atoms with Gasteiger partial charge in [-0.1, -0.05) is 175 Å². The van der Waals surface area contributed by atoms with Crippen molar-refractivity contribution in [2.45, 2.75) is 58.5 Å². The molecule has 0 spiro atoms. The Morgan fingerprint density at radius 3 is 0.955 bits per heavy atom. The molecule has 0 fully saturated rings. The van der Waals surface area contributed by atoms with Crippen molar-refractivity contribution in [1.82, 2.24) is 24.5 Å². The summed E-state index contributed by atoms with van der Waals surface area (Å²) >= 11 is 0. The van der Waals surface area contributed by atoms with Gasteiger partial charge in [-0.2, -0.15) is 13.2 Å². The highest BCUT2D eigenvalue weighted by Crippen LogP contribution is 2.46. The van der Waals surface area contributed by atoms with Crippen molar-refractivity contribution < 1.29 is 13.2 Å². The standard InChI is InChI=1S/C59H48F3N5/c1-57(2,3)41-27-29-52-44(31-41)45-32-42(58(4,5)6)28-30-53(45)67(52)54-46(55-63-48(37-19-11-7-12-20-37)35-49(64-55)38-21-13-8-14-22-38)33-43(59(60,61)62)34-47(54)56-65-50(39-23-15-9-16-24-39)36-51(66-56)40-25-17-10-18-26-40/h7-36H,1-6H3. The average molecular weight is 884 g/mol. The summed E-state index contributed by atoms with van der Waals surface area (Å²) in [4.78, 5) is 20.7. The van der Waals surface area contributed by atoms with Crippen LogP contribution in [0.5, 0.6) is 0 Å². The number of rotatable bonds is 7. The van der Waals surface area contributed by atoms with E-state index >= 15 is 13.2 Å². The van der Waals surface area contributed by atoms with Gasteiger partial charge < -0.3 is 4.57 Å². The number of nitrogens with zero attached hydrogens (tertiary/aromatic N) is 5. The van der Waals surface area contributed by atoms with E-state index in [2.05, 4.69) is 82.5 Å². The molecule has 0 amide bonds. The summed E-state index contributed by atoms with van der Waals surface area (Å²) in [6.07, 6.45) is -4.77. The van der Waals surface area contributed by atoms with Crippen LogP contribution in [0.15, 0.2) is 182 Å². The SMILES string of the molecule is CC(C)(C)c1ccc2c(c1)c1cc(C(C)(C)C)ccc1n2-c1c(-c2nc(-c3ccccc3)cc(-c3ccccc3)n2)cc(C(F)(F)F)cc1-c1nc(-c2ccccc2)cc(-c2ccccc2)n1. The maximum Gasteiger partial charge on any atom is 0.416 e. The van der Waals surface area contributed by atoms with E-state index in [0.717, 1.165) is 55.2 Å². The molecule has 10 aromatic rings. The average Bonchev–Trinajstić information content (AvgIpc) is 3.66. The summed E-state index contributed by atoms with van der Waals surface area (Å²) in [5, 5.41) is 1.94. The minimum Gasteiger partial charge on any atom is -0.308 e. The van der Waals surface area contributed by atoms with Gasteiger partial charge in [0.15, 0.2) is 11.6 Å². The third-order valence-corrected chi connectivity index (χ3v) is 12.4. The second kappa shape index (κ2) is 16.6. The first-order valence-corrected chi connectivity index (χ1v) is 22.5. The van der Waals surface area contributed by atoms with Gasteiger partial charge in [-0.05, 0) is 70.5 Å². The Balaban J connectivity index is 1.41. The lowest BCUT2D eigenvalue weighted by molar-refractivity contribution is -0.137. The lowest BCUT2D eigenvalue weighted by Gasteiger charge is -2.22. The molecule has 0 saturated heterocycles. The highest BCUT2D eigenvalue weighted by Gasteiger charge is 2.35. The molecule has 330 valence electrons. The molecule has 0 N–H and O–H groups in total. The molecule has 0 aliphatic carbocycles. The van der Waals surface area contributed by atoms with Gasteiger partial charge in [-0.25, -0.2) is 19.9 Å². The molecule has 7 aromatic carbocycles. The fourth-order valence-corrected chi connectivity index (χ4v) is 8.74. The molecule has 3 heterocycles. The third-order valence-electron chi connectivity index (χ3n) is 12.4. The van der Waals surface area contributed by atoms with Crippen LogP contribution in [-0.2, 0) is 17.0 Å². The van der Waals surface area contributed by atoms with Crippen molar-refractivity contribution >= 4 is 21.8 Å². The molecule has 0 aliphatic rings. The molecule has 0 aliphatic heterocycles.